The van der Waals surface area contributed by atoms with Gasteiger partial charge in [0.1, 0.15) is 6.20 Å². The van der Waals surface area contributed by atoms with Crippen LogP contribution in [0.2, 0.25) is 0 Å². The molecule has 2 N–H and O–H groups in total. The molecule has 10 heteroatoms. The van der Waals surface area contributed by atoms with Gasteiger partial charge in [-0.05, 0) is 40.6 Å². The molecule has 1 aromatic heterocycles. The van der Waals surface area contributed by atoms with Crippen LogP contribution in [0.15, 0.2) is 24.4 Å². The smallest absolute Gasteiger partial charge is 0.358 e. The highest BCUT2D eigenvalue weighted by molar-refractivity contribution is 5.76. The number of amides is 1. The number of hydrogen-bond acceptors (Lipinski definition) is 5. The molecule has 1 aliphatic heterocycles. The topological polar surface area (TPSA) is 102 Å². The van der Waals surface area contributed by atoms with Gasteiger partial charge in [0.15, 0.2) is 11.6 Å². The van der Waals surface area contributed by atoms with Gasteiger partial charge in [0.2, 0.25) is 11.7 Å². The van der Waals surface area contributed by atoms with Crippen LogP contribution in [0.1, 0.15) is 30.1 Å². The van der Waals surface area contributed by atoms with Crippen molar-refractivity contribution in [3.8, 4) is 0 Å². The Morgan fingerprint density at radius 1 is 1.43 bits per heavy atom. The summed E-state index contributed by atoms with van der Waals surface area (Å²) in [5.74, 6) is -1.96. The summed E-state index contributed by atoms with van der Waals surface area (Å²) in [6, 6.07) is 3.56. The van der Waals surface area contributed by atoms with Gasteiger partial charge in [-0.2, -0.15) is 0 Å². The van der Waals surface area contributed by atoms with Crippen molar-refractivity contribution in [1.82, 2.24) is 20.2 Å². The van der Waals surface area contributed by atoms with E-state index in [4.69, 9.17) is 0 Å². The fourth-order valence-electron chi connectivity index (χ4n) is 3.46. The van der Waals surface area contributed by atoms with Crippen molar-refractivity contribution >= 4 is 11.7 Å². The maximum absolute atomic E-state index is 13.6. The average molecular weight is 393 g/mol. The third-order valence-corrected chi connectivity index (χ3v) is 4.93. The van der Waals surface area contributed by atoms with Crippen molar-refractivity contribution in [2.45, 2.75) is 38.3 Å². The molecule has 8 nitrogen and oxygen atoms in total. The SMILES string of the molecule is Cc1nc([N+](=O)[O-])cn1CCC(=O)NC1CNCCC1c1ccc(F)c(F)c1. The predicted octanol–water partition coefficient (Wildman–Crippen LogP) is 2.03. The number of benzene rings is 1. The van der Waals surface area contributed by atoms with Crippen molar-refractivity contribution in [1.29, 1.82) is 0 Å². The Bertz CT molecular complexity index is 886. The standard InChI is InChI=1S/C18H21F2N5O3/c1-11-22-17(25(27)28)10-24(11)7-5-18(26)23-16-9-21-6-4-13(16)12-2-3-14(19)15(20)8-12/h2-3,8,10,13,16,21H,4-7,9H2,1H3,(H,23,26). The molecule has 1 fully saturated rings. The van der Waals surface area contributed by atoms with E-state index >= 15 is 0 Å². The summed E-state index contributed by atoms with van der Waals surface area (Å²) in [6.07, 6.45) is 2.10. The zero-order valence-electron chi connectivity index (χ0n) is 15.3. The van der Waals surface area contributed by atoms with Gasteiger partial charge < -0.3 is 25.3 Å². The summed E-state index contributed by atoms with van der Waals surface area (Å²) < 4.78 is 28.4. The molecule has 3 rings (SSSR count). The maximum atomic E-state index is 13.6. The van der Waals surface area contributed by atoms with E-state index in [0.29, 0.717) is 30.9 Å². The summed E-state index contributed by atoms with van der Waals surface area (Å²) >= 11 is 0. The van der Waals surface area contributed by atoms with Gasteiger partial charge in [-0.15, -0.1) is 0 Å². The molecule has 0 saturated carbocycles. The molecule has 2 heterocycles. The number of carbonyl (C=O) groups excluding carboxylic acids is 1. The Hall–Kier alpha value is -2.88. The molecule has 0 spiro atoms. The van der Waals surface area contributed by atoms with E-state index in [1.807, 2.05) is 0 Å². The van der Waals surface area contributed by atoms with Crippen LogP contribution < -0.4 is 10.6 Å². The van der Waals surface area contributed by atoms with E-state index in [2.05, 4.69) is 15.6 Å². The molecule has 150 valence electrons. The highest BCUT2D eigenvalue weighted by Gasteiger charge is 2.28. The van der Waals surface area contributed by atoms with Crippen LogP contribution in [-0.2, 0) is 11.3 Å². The minimum Gasteiger partial charge on any atom is -0.358 e. The Kier molecular flexibility index (Phi) is 5.98. The van der Waals surface area contributed by atoms with Crippen LogP contribution in [0.25, 0.3) is 0 Å². The number of imidazole rings is 1. The second kappa shape index (κ2) is 8.42. The fourth-order valence-corrected chi connectivity index (χ4v) is 3.46. The third kappa shape index (κ3) is 4.50. The van der Waals surface area contributed by atoms with Gasteiger partial charge in [0.25, 0.3) is 0 Å². The monoisotopic (exact) mass is 393 g/mol. The molecule has 2 aromatic rings. The van der Waals surface area contributed by atoms with Crippen LogP contribution in [0.5, 0.6) is 0 Å². The van der Waals surface area contributed by atoms with Gasteiger partial charge in [0, 0.05) is 38.4 Å². The zero-order valence-corrected chi connectivity index (χ0v) is 15.3. The van der Waals surface area contributed by atoms with Crippen LogP contribution >= 0.6 is 0 Å². The first kappa shape index (κ1) is 19.9. The first-order chi connectivity index (χ1) is 13.3. The van der Waals surface area contributed by atoms with Crippen molar-refractivity contribution in [2.75, 3.05) is 13.1 Å². The molecule has 2 unspecified atom stereocenters. The molecular weight excluding hydrogens is 372 g/mol. The van der Waals surface area contributed by atoms with E-state index in [1.54, 1.807) is 17.6 Å². The van der Waals surface area contributed by atoms with Crippen LogP contribution in [0.4, 0.5) is 14.6 Å². The summed E-state index contributed by atoms with van der Waals surface area (Å²) in [6.45, 7) is 3.13. The lowest BCUT2D eigenvalue weighted by Gasteiger charge is -2.33. The molecule has 0 bridgehead atoms. The lowest BCUT2D eigenvalue weighted by molar-refractivity contribution is -0.389. The normalized spacial score (nSPS) is 19.4. The highest BCUT2D eigenvalue weighted by Crippen LogP contribution is 2.27. The first-order valence-corrected chi connectivity index (χ1v) is 8.98. The number of halogens is 2. The lowest BCUT2D eigenvalue weighted by atomic mass is 9.86. The van der Waals surface area contributed by atoms with Gasteiger partial charge in [-0.1, -0.05) is 6.07 Å². The van der Waals surface area contributed by atoms with E-state index in [9.17, 15) is 23.7 Å². The number of hydrogen-bond donors (Lipinski definition) is 2. The van der Waals surface area contributed by atoms with Crippen LogP contribution in [-0.4, -0.2) is 39.5 Å². The molecule has 1 amide bonds. The van der Waals surface area contributed by atoms with Gasteiger partial charge in [-0.25, -0.2) is 8.78 Å². The van der Waals surface area contributed by atoms with Crippen molar-refractivity contribution in [2.24, 2.45) is 0 Å². The summed E-state index contributed by atoms with van der Waals surface area (Å²) in [7, 11) is 0. The average Bonchev–Trinajstić information content (AvgIpc) is 3.04. The van der Waals surface area contributed by atoms with E-state index in [-0.39, 0.29) is 36.7 Å². The van der Waals surface area contributed by atoms with Gasteiger partial charge in [0.05, 0.1) is 0 Å². The first-order valence-electron chi connectivity index (χ1n) is 8.98. The molecule has 28 heavy (non-hydrogen) atoms. The number of aromatic nitrogens is 2. The molecule has 1 aromatic carbocycles. The van der Waals surface area contributed by atoms with Gasteiger partial charge in [-0.3, -0.25) is 4.79 Å². The van der Waals surface area contributed by atoms with Crippen molar-refractivity contribution < 1.29 is 18.5 Å². The van der Waals surface area contributed by atoms with E-state index in [1.165, 1.54) is 12.3 Å². The second-order valence-electron chi connectivity index (χ2n) is 6.79. The fraction of sp³-hybridized carbons (Fsp3) is 0.444. The van der Waals surface area contributed by atoms with Crippen LogP contribution in [0, 0.1) is 28.7 Å². The van der Waals surface area contributed by atoms with Crippen molar-refractivity contribution in [3.63, 3.8) is 0 Å². The second-order valence-corrected chi connectivity index (χ2v) is 6.79. The summed E-state index contributed by atoms with van der Waals surface area (Å²) in [5.41, 5.74) is 0.645. The van der Waals surface area contributed by atoms with E-state index < -0.39 is 16.6 Å². The molecule has 1 aliphatic rings. The Morgan fingerprint density at radius 2 is 2.21 bits per heavy atom. The summed E-state index contributed by atoms with van der Waals surface area (Å²) in [4.78, 5) is 26.4. The highest BCUT2D eigenvalue weighted by atomic mass is 19.2. The number of carbonyl (C=O) groups is 1. The molecule has 0 radical (unpaired) electrons. The number of nitro groups is 1. The van der Waals surface area contributed by atoms with Crippen LogP contribution in [0.3, 0.4) is 0 Å². The minimum atomic E-state index is -0.904. The predicted molar refractivity (Wildman–Crippen MR) is 96.8 cm³/mol. The zero-order chi connectivity index (χ0) is 20.3. The Morgan fingerprint density at radius 3 is 2.89 bits per heavy atom. The minimum absolute atomic E-state index is 0.120. The number of nitrogens with zero attached hydrogens (tertiary/aromatic N) is 3. The molecular formula is C18H21F2N5O3. The summed E-state index contributed by atoms with van der Waals surface area (Å²) in [5, 5.41) is 16.9. The Balaban J connectivity index is 1.63. The Labute approximate surface area is 160 Å². The number of rotatable bonds is 6. The largest absolute Gasteiger partial charge is 0.381 e. The number of piperidine rings is 1. The third-order valence-electron chi connectivity index (χ3n) is 4.93. The molecule has 1 saturated heterocycles. The number of aryl methyl sites for hydroxylation is 2. The van der Waals surface area contributed by atoms with Gasteiger partial charge >= 0.3 is 5.82 Å². The molecule has 0 aliphatic carbocycles. The maximum Gasteiger partial charge on any atom is 0.381 e. The lowest BCUT2D eigenvalue weighted by Crippen LogP contribution is -2.50. The quantitative estimate of drug-likeness (QED) is 0.578. The molecule has 2 atom stereocenters. The van der Waals surface area contributed by atoms with E-state index in [0.717, 1.165) is 6.07 Å². The van der Waals surface area contributed by atoms with Crippen molar-refractivity contribution in [3.05, 3.63) is 57.5 Å². The number of nitrogens with one attached hydrogen (secondary N) is 2.